The van der Waals surface area contributed by atoms with Crippen LogP contribution in [0.15, 0.2) is 11.6 Å². The van der Waals surface area contributed by atoms with Crippen LogP contribution in [0.3, 0.4) is 0 Å². The molecule has 0 amide bonds. The van der Waals surface area contributed by atoms with Crippen LogP contribution in [-0.2, 0) is 4.79 Å². The fraction of sp³-hybridized carbons (Fsp3) is 0.333. The first kappa shape index (κ1) is 7.70. The predicted molar refractivity (Wildman–Crippen MR) is 31.6 cm³/mol. The van der Waals surface area contributed by atoms with Crippen LogP contribution >= 0.6 is 0 Å². The third-order valence-corrected chi connectivity index (χ3v) is 0.759. The van der Waals surface area contributed by atoms with Gasteiger partial charge in [-0.2, -0.15) is 5.26 Å². The predicted octanol–water partition coefficient (Wildman–Crippen LogP) is 0.931. The highest BCUT2D eigenvalue weighted by Gasteiger charge is 2.01. The molecule has 0 atom stereocenters. The van der Waals surface area contributed by atoms with E-state index in [1.54, 1.807) is 13.0 Å². The zero-order valence-corrected chi connectivity index (χ0v) is 5.09. The van der Waals surface area contributed by atoms with E-state index in [0.717, 1.165) is 0 Å². The van der Waals surface area contributed by atoms with Crippen LogP contribution in [0.1, 0.15) is 13.3 Å². The minimum atomic E-state index is -1.15. The van der Waals surface area contributed by atoms with Crippen LogP contribution in [0.25, 0.3) is 0 Å². The van der Waals surface area contributed by atoms with Gasteiger partial charge in [0, 0.05) is 0 Å². The Morgan fingerprint density at radius 2 is 2.44 bits per heavy atom. The summed E-state index contributed by atoms with van der Waals surface area (Å²) in [6.07, 6.45) is 1.96. The molecule has 0 fully saturated rings. The van der Waals surface area contributed by atoms with Gasteiger partial charge in [-0.05, 0) is 6.42 Å². The lowest BCUT2D eigenvalue weighted by Crippen LogP contribution is -1.96. The Bertz CT molecular complexity index is 176. The van der Waals surface area contributed by atoms with Gasteiger partial charge in [0.05, 0.1) is 0 Å². The molecule has 0 aromatic heterocycles. The van der Waals surface area contributed by atoms with E-state index in [1.807, 2.05) is 0 Å². The van der Waals surface area contributed by atoms with Gasteiger partial charge < -0.3 is 5.11 Å². The first-order chi connectivity index (χ1) is 4.22. The average Bonchev–Trinajstić information content (AvgIpc) is 1.82. The monoisotopic (exact) mass is 125 g/mol. The summed E-state index contributed by atoms with van der Waals surface area (Å²) in [4.78, 5) is 10.0. The zero-order chi connectivity index (χ0) is 7.28. The molecular weight excluding hydrogens is 118 g/mol. The average molecular weight is 125 g/mol. The quantitative estimate of drug-likeness (QED) is 0.441. The van der Waals surface area contributed by atoms with Crippen molar-refractivity contribution in [2.45, 2.75) is 13.3 Å². The highest BCUT2D eigenvalue weighted by molar-refractivity contribution is 5.90. The van der Waals surface area contributed by atoms with Gasteiger partial charge in [0.1, 0.15) is 11.6 Å². The normalized spacial score (nSPS) is 10.4. The van der Waals surface area contributed by atoms with Crippen LogP contribution in [-0.4, -0.2) is 11.1 Å². The summed E-state index contributed by atoms with van der Waals surface area (Å²) in [5.41, 5.74) is -0.183. The highest BCUT2D eigenvalue weighted by atomic mass is 16.4. The minimum absolute atomic E-state index is 0.183. The lowest BCUT2D eigenvalue weighted by Gasteiger charge is -1.84. The number of carboxylic acids is 1. The summed E-state index contributed by atoms with van der Waals surface area (Å²) in [7, 11) is 0. The van der Waals surface area contributed by atoms with E-state index in [1.165, 1.54) is 6.08 Å². The van der Waals surface area contributed by atoms with Gasteiger partial charge in [-0.25, -0.2) is 4.79 Å². The van der Waals surface area contributed by atoms with Crippen LogP contribution < -0.4 is 0 Å². The Morgan fingerprint density at radius 1 is 1.89 bits per heavy atom. The van der Waals surface area contributed by atoms with Gasteiger partial charge in [0.25, 0.3) is 0 Å². The second kappa shape index (κ2) is 3.67. The fourth-order valence-electron chi connectivity index (χ4n) is 0.385. The molecule has 0 heterocycles. The summed E-state index contributed by atoms with van der Waals surface area (Å²) in [6, 6.07) is 1.56. The number of allylic oxidation sites excluding steroid dienone is 1. The number of nitriles is 1. The molecule has 0 spiro atoms. The Hall–Kier alpha value is -1.30. The Morgan fingerprint density at radius 3 is 2.56 bits per heavy atom. The standard InChI is InChI=1S/C6H7NO2/c1-2-3-5(4-7)6(8)9/h3H,2H2,1H3,(H,8,9). The van der Waals surface area contributed by atoms with Gasteiger partial charge in [-0.3, -0.25) is 0 Å². The van der Waals surface area contributed by atoms with E-state index in [-0.39, 0.29) is 5.57 Å². The maximum Gasteiger partial charge on any atom is 0.346 e. The van der Waals surface area contributed by atoms with E-state index >= 15 is 0 Å². The lowest BCUT2D eigenvalue weighted by molar-refractivity contribution is -0.132. The molecule has 9 heavy (non-hydrogen) atoms. The van der Waals surface area contributed by atoms with Crippen molar-refractivity contribution < 1.29 is 9.90 Å². The van der Waals surface area contributed by atoms with E-state index in [2.05, 4.69) is 0 Å². The Labute approximate surface area is 53.2 Å². The van der Waals surface area contributed by atoms with E-state index in [4.69, 9.17) is 10.4 Å². The van der Waals surface area contributed by atoms with Gasteiger partial charge in [-0.15, -0.1) is 0 Å². The number of aliphatic carboxylic acids is 1. The first-order valence-electron chi connectivity index (χ1n) is 2.56. The van der Waals surface area contributed by atoms with Crippen molar-refractivity contribution in [3.8, 4) is 6.07 Å². The molecule has 48 valence electrons. The van der Waals surface area contributed by atoms with Crippen molar-refractivity contribution in [3.05, 3.63) is 11.6 Å². The molecule has 3 nitrogen and oxygen atoms in total. The van der Waals surface area contributed by atoms with E-state index < -0.39 is 5.97 Å². The molecule has 0 bridgehead atoms. The van der Waals surface area contributed by atoms with Crippen molar-refractivity contribution in [2.24, 2.45) is 0 Å². The maximum absolute atomic E-state index is 10.0. The van der Waals surface area contributed by atoms with Crippen molar-refractivity contribution in [2.75, 3.05) is 0 Å². The van der Waals surface area contributed by atoms with Crippen molar-refractivity contribution in [1.82, 2.24) is 0 Å². The fourth-order valence-corrected chi connectivity index (χ4v) is 0.385. The van der Waals surface area contributed by atoms with Crippen molar-refractivity contribution in [3.63, 3.8) is 0 Å². The molecule has 0 unspecified atom stereocenters. The third kappa shape index (κ3) is 2.50. The summed E-state index contributed by atoms with van der Waals surface area (Å²) >= 11 is 0. The number of hydrogen-bond acceptors (Lipinski definition) is 2. The minimum Gasteiger partial charge on any atom is -0.477 e. The summed E-state index contributed by atoms with van der Waals surface area (Å²) in [5.74, 6) is -1.15. The second-order valence-electron chi connectivity index (χ2n) is 1.44. The molecular formula is C6H7NO2. The SMILES string of the molecule is CCC=C(C#N)C(=O)O. The van der Waals surface area contributed by atoms with Gasteiger partial charge in [-0.1, -0.05) is 13.0 Å². The van der Waals surface area contributed by atoms with Gasteiger partial charge >= 0.3 is 5.97 Å². The second-order valence-corrected chi connectivity index (χ2v) is 1.44. The molecule has 0 aliphatic rings. The molecule has 0 rings (SSSR count). The molecule has 3 heteroatoms. The van der Waals surface area contributed by atoms with Gasteiger partial charge in [0.15, 0.2) is 0 Å². The third-order valence-electron chi connectivity index (χ3n) is 0.759. The van der Waals surface area contributed by atoms with Crippen LogP contribution in [0.2, 0.25) is 0 Å². The number of rotatable bonds is 2. The smallest absolute Gasteiger partial charge is 0.346 e. The molecule has 1 N–H and O–H groups in total. The topological polar surface area (TPSA) is 61.1 Å². The van der Waals surface area contributed by atoms with E-state index in [9.17, 15) is 4.79 Å². The maximum atomic E-state index is 10.0. The van der Waals surface area contributed by atoms with Crippen molar-refractivity contribution >= 4 is 5.97 Å². The molecule has 0 saturated carbocycles. The molecule has 0 aliphatic carbocycles. The highest BCUT2D eigenvalue weighted by Crippen LogP contribution is 1.93. The largest absolute Gasteiger partial charge is 0.477 e. The molecule has 0 saturated heterocycles. The summed E-state index contributed by atoms with van der Waals surface area (Å²) in [5, 5.41) is 16.3. The van der Waals surface area contributed by atoms with Crippen LogP contribution in [0.5, 0.6) is 0 Å². The number of hydrogen-bond donors (Lipinski definition) is 1. The number of nitrogens with zero attached hydrogens (tertiary/aromatic N) is 1. The molecule has 0 radical (unpaired) electrons. The first-order valence-corrected chi connectivity index (χ1v) is 2.56. The lowest BCUT2D eigenvalue weighted by atomic mass is 10.2. The summed E-state index contributed by atoms with van der Waals surface area (Å²) < 4.78 is 0. The summed E-state index contributed by atoms with van der Waals surface area (Å²) in [6.45, 7) is 1.78. The Balaban J connectivity index is 4.20. The molecule has 0 aliphatic heterocycles. The van der Waals surface area contributed by atoms with Crippen LogP contribution in [0, 0.1) is 11.3 Å². The molecule has 0 aromatic carbocycles. The number of carboxylic acid groups (broad SMARTS) is 1. The van der Waals surface area contributed by atoms with Gasteiger partial charge in [0.2, 0.25) is 0 Å². The van der Waals surface area contributed by atoms with Crippen molar-refractivity contribution in [1.29, 1.82) is 5.26 Å². The van der Waals surface area contributed by atoms with E-state index in [0.29, 0.717) is 6.42 Å². The zero-order valence-electron chi connectivity index (χ0n) is 5.09. The number of carbonyl (C=O) groups is 1. The Kier molecular flexibility index (Phi) is 3.14. The molecule has 0 aromatic rings. The van der Waals surface area contributed by atoms with Crippen LogP contribution in [0.4, 0.5) is 0 Å².